The van der Waals surface area contributed by atoms with E-state index in [1.165, 1.54) is 10.6 Å². The molecule has 0 N–H and O–H groups in total. The molecule has 0 saturated carbocycles. The zero-order valence-electron chi connectivity index (χ0n) is 15.0. The number of carbonyl (C=O) groups is 1. The van der Waals surface area contributed by atoms with Gasteiger partial charge < -0.3 is 14.0 Å². The summed E-state index contributed by atoms with van der Waals surface area (Å²) >= 11 is 6.83. The Balaban J connectivity index is 1.88. The summed E-state index contributed by atoms with van der Waals surface area (Å²) in [6.07, 6.45) is 0. The molecule has 0 unspecified atom stereocenters. The number of hydrogen-bond acceptors (Lipinski definition) is 4. The monoisotopic (exact) mass is 426 g/mol. The Bertz CT molecular complexity index is 1050. The molecule has 0 atom stereocenters. The molecule has 5 nitrogen and oxygen atoms in total. The van der Waals surface area contributed by atoms with Gasteiger partial charge in [-0.3, -0.25) is 4.79 Å². The number of rotatable bonds is 7. The number of thiazole rings is 1. The van der Waals surface area contributed by atoms with Crippen molar-refractivity contribution >= 4 is 39.1 Å². The van der Waals surface area contributed by atoms with Crippen molar-refractivity contribution in [3.63, 3.8) is 0 Å². The largest absolute Gasteiger partial charge is 0.484 e. The van der Waals surface area contributed by atoms with Gasteiger partial charge >= 0.3 is 0 Å². The molecular weight excluding hydrogens is 410 g/mol. The van der Waals surface area contributed by atoms with Crippen LogP contribution in [0.25, 0.3) is 10.2 Å². The number of halogens is 3. The summed E-state index contributed by atoms with van der Waals surface area (Å²) in [7, 11) is 0. The summed E-state index contributed by atoms with van der Waals surface area (Å²) in [4.78, 5) is 16.5. The summed E-state index contributed by atoms with van der Waals surface area (Å²) in [5.41, 5.74) is 0.191. The minimum absolute atomic E-state index is 0.191. The van der Waals surface area contributed by atoms with Crippen molar-refractivity contribution < 1.29 is 23.0 Å². The minimum atomic E-state index is -0.714. The third-order valence-electron chi connectivity index (χ3n) is 3.75. The average Bonchev–Trinajstić information content (AvgIpc) is 2.98. The molecular formula is C19H17ClF2N2O3S. The van der Waals surface area contributed by atoms with Crippen molar-refractivity contribution in [2.75, 3.05) is 19.8 Å². The van der Waals surface area contributed by atoms with Gasteiger partial charge in [-0.25, -0.2) is 8.78 Å². The minimum Gasteiger partial charge on any atom is -0.484 e. The van der Waals surface area contributed by atoms with Crippen LogP contribution >= 0.6 is 22.9 Å². The fourth-order valence-corrected chi connectivity index (χ4v) is 3.78. The fraction of sp³-hybridized carbons (Fsp3) is 0.263. The van der Waals surface area contributed by atoms with Crippen LogP contribution in [0.4, 0.5) is 8.78 Å². The smallest absolute Gasteiger partial charge is 0.286 e. The number of ether oxygens (including phenoxy) is 2. The van der Waals surface area contributed by atoms with Gasteiger partial charge in [-0.05, 0) is 37.3 Å². The van der Waals surface area contributed by atoms with E-state index >= 15 is 0 Å². The van der Waals surface area contributed by atoms with E-state index < -0.39 is 17.5 Å². The lowest BCUT2D eigenvalue weighted by Crippen LogP contribution is -2.21. The molecule has 0 radical (unpaired) electrons. The molecule has 3 rings (SSSR count). The topological polar surface area (TPSA) is 52.8 Å². The second-order valence-corrected chi connectivity index (χ2v) is 7.16. The van der Waals surface area contributed by atoms with Crippen molar-refractivity contribution in [3.8, 4) is 5.75 Å². The third kappa shape index (κ3) is 4.95. The number of nitrogens with zero attached hydrogens (tertiary/aromatic N) is 2. The Hall–Kier alpha value is -2.29. The molecule has 2 aromatic carbocycles. The molecule has 0 aliphatic rings. The SMILES string of the molecule is CCOCCn1c(=NC(=O)COc2ccc(Cl)cc2)sc2cc(F)cc(F)c21. The quantitative estimate of drug-likeness (QED) is 0.533. The summed E-state index contributed by atoms with van der Waals surface area (Å²) in [6.45, 7) is 2.63. The Morgan fingerprint density at radius 2 is 2.00 bits per heavy atom. The van der Waals surface area contributed by atoms with E-state index in [9.17, 15) is 13.6 Å². The first kappa shape index (κ1) is 20.4. The van der Waals surface area contributed by atoms with Gasteiger partial charge in [0, 0.05) is 24.2 Å². The zero-order chi connectivity index (χ0) is 20.1. The van der Waals surface area contributed by atoms with E-state index in [0.29, 0.717) is 28.7 Å². The highest BCUT2D eigenvalue weighted by atomic mass is 35.5. The Kier molecular flexibility index (Phi) is 6.77. The van der Waals surface area contributed by atoms with Crippen LogP contribution in [0.1, 0.15) is 6.92 Å². The highest BCUT2D eigenvalue weighted by molar-refractivity contribution is 7.16. The first-order chi connectivity index (χ1) is 13.5. The van der Waals surface area contributed by atoms with Crippen LogP contribution in [-0.4, -0.2) is 30.3 Å². The normalized spacial score (nSPS) is 11.9. The maximum absolute atomic E-state index is 14.3. The fourth-order valence-electron chi connectivity index (χ4n) is 2.54. The first-order valence-electron chi connectivity index (χ1n) is 8.50. The van der Waals surface area contributed by atoms with Gasteiger partial charge in [0.15, 0.2) is 17.2 Å². The number of carbonyl (C=O) groups excluding carboxylic acids is 1. The molecule has 0 aliphatic carbocycles. The molecule has 0 spiro atoms. The van der Waals surface area contributed by atoms with Gasteiger partial charge in [0.25, 0.3) is 5.91 Å². The molecule has 148 valence electrons. The molecule has 28 heavy (non-hydrogen) atoms. The lowest BCUT2D eigenvalue weighted by molar-refractivity contribution is -0.120. The number of fused-ring (bicyclic) bond motifs is 1. The van der Waals surface area contributed by atoms with Gasteiger partial charge in [-0.2, -0.15) is 4.99 Å². The molecule has 1 amide bonds. The highest BCUT2D eigenvalue weighted by Crippen LogP contribution is 2.22. The lowest BCUT2D eigenvalue weighted by Gasteiger charge is -2.06. The number of amides is 1. The summed E-state index contributed by atoms with van der Waals surface area (Å²) in [5.74, 6) is -1.48. The van der Waals surface area contributed by atoms with E-state index in [0.717, 1.165) is 17.4 Å². The molecule has 0 saturated heterocycles. The first-order valence-corrected chi connectivity index (χ1v) is 9.69. The predicted molar refractivity (Wildman–Crippen MR) is 104 cm³/mol. The molecule has 0 bridgehead atoms. The Labute approximate surface area is 168 Å². The molecule has 3 aromatic rings. The molecule has 1 heterocycles. The van der Waals surface area contributed by atoms with Crippen molar-refractivity contribution in [3.05, 3.63) is 57.9 Å². The highest BCUT2D eigenvalue weighted by Gasteiger charge is 2.14. The number of benzene rings is 2. The Morgan fingerprint density at radius 1 is 1.25 bits per heavy atom. The van der Waals surface area contributed by atoms with Crippen LogP contribution in [0.3, 0.4) is 0 Å². The molecule has 0 aliphatic heterocycles. The van der Waals surface area contributed by atoms with Crippen LogP contribution in [0.2, 0.25) is 5.02 Å². The summed E-state index contributed by atoms with van der Waals surface area (Å²) in [5, 5.41) is 0.554. The second-order valence-electron chi connectivity index (χ2n) is 5.72. The van der Waals surface area contributed by atoms with Gasteiger partial charge in [0.1, 0.15) is 11.6 Å². The van der Waals surface area contributed by atoms with Crippen LogP contribution < -0.4 is 9.54 Å². The van der Waals surface area contributed by atoms with Crippen molar-refractivity contribution in [2.45, 2.75) is 13.5 Å². The predicted octanol–water partition coefficient (Wildman–Crippen LogP) is 4.18. The van der Waals surface area contributed by atoms with E-state index in [4.69, 9.17) is 21.1 Å². The van der Waals surface area contributed by atoms with Crippen molar-refractivity contribution in [1.82, 2.24) is 4.57 Å². The number of aromatic nitrogens is 1. The maximum Gasteiger partial charge on any atom is 0.286 e. The third-order valence-corrected chi connectivity index (χ3v) is 5.03. The van der Waals surface area contributed by atoms with Gasteiger partial charge in [0.2, 0.25) is 0 Å². The Morgan fingerprint density at radius 3 is 2.71 bits per heavy atom. The van der Waals surface area contributed by atoms with E-state index in [2.05, 4.69) is 4.99 Å². The molecule has 0 fully saturated rings. The van der Waals surface area contributed by atoms with Crippen LogP contribution in [0, 0.1) is 11.6 Å². The molecule has 1 aromatic heterocycles. The van der Waals surface area contributed by atoms with Crippen LogP contribution in [0.15, 0.2) is 41.4 Å². The summed E-state index contributed by atoms with van der Waals surface area (Å²) in [6, 6.07) is 8.58. The van der Waals surface area contributed by atoms with Gasteiger partial charge in [-0.15, -0.1) is 0 Å². The average molecular weight is 427 g/mol. The van der Waals surface area contributed by atoms with Crippen molar-refractivity contribution in [2.24, 2.45) is 4.99 Å². The number of hydrogen-bond donors (Lipinski definition) is 0. The van der Waals surface area contributed by atoms with Gasteiger partial charge in [0.05, 0.1) is 16.8 Å². The van der Waals surface area contributed by atoms with E-state index in [1.54, 1.807) is 24.3 Å². The summed E-state index contributed by atoms with van der Waals surface area (Å²) < 4.78 is 40.4. The van der Waals surface area contributed by atoms with Crippen LogP contribution in [0.5, 0.6) is 5.75 Å². The maximum atomic E-state index is 14.3. The standard InChI is InChI=1S/C19H17ClF2N2O3S/c1-2-26-8-7-24-18-15(22)9-13(21)10-16(18)28-19(24)23-17(25)11-27-14-5-3-12(20)4-6-14/h3-6,9-10H,2,7-8,11H2,1H3. The van der Waals surface area contributed by atoms with E-state index in [-0.39, 0.29) is 23.5 Å². The lowest BCUT2D eigenvalue weighted by atomic mass is 10.3. The van der Waals surface area contributed by atoms with Gasteiger partial charge in [-0.1, -0.05) is 22.9 Å². The van der Waals surface area contributed by atoms with E-state index in [1.807, 2.05) is 6.92 Å². The van der Waals surface area contributed by atoms with Crippen LogP contribution in [-0.2, 0) is 16.1 Å². The van der Waals surface area contributed by atoms with Crippen molar-refractivity contribution in [1.29, 1.82) is 0 Å². The second kappa shape index (κ2) is 9.27. The zero-order valence-corrected chi connectivity index (χ0v) is 16.5. The molecule has 9 heteroatoms.